The largest absolute Gasteiger partial charge is 0.371 e. The zero-order chi connectivity index (χ0) is 20.3. The number of amides is 1. The quantitative estimate of drug-likeness (QED) is 0.784. The van der Waals surface area contributed by atoms with Gasteiger partial charge in [0.05, 0.1) is 6.10 Å². The first-order valence-electron chi connectivity index (χ1n) is 11.3. The number of nitrogens with zero attached hydrogens (tertiary/aromatic N) is 3. The van der Waals surface area contributed by atoms with Gasteiger partial charge in [0.2, 0.25) is 0 Å². The first kappa shape index (κ1) is 19.6. The molecule has 5 nitrogen and oxygen atoms in total. The highest BCUT2D eigenvalue weighted by molar-refractivity contribution is 5.94. The highest BCUT2D eigenvalue weighted by atomic mass is 16.5. The highest BCUT2D eigenvalue weighted by Gasteiger charge is 2.38. The van der Waals surface area contributed by atoms with Crippen LogP contribution in [0.15, 0.2) is 60.7 Å². The van der Waals surface area contributed by atoms with Crippen molar-refractivity contribution >= 4 is 17.3 Å². The third-order valence-corrected chi connectivity index (χ3v) is 7.00. The van der Waals surface area contributed by atoms with Crippen LogP contribution < -0.4 is 9.80 Å². The smallest absolute Gasteiger partial charge is 0.252 e. The van der Waals surface area contributed by atoms with Gasteiger partial charge in [0.15, 0.2) is 0 Å². The summed E-state index contributed by atoms with van der Waals surface area (Å²) < 4.78 is 6.06. The fraction of sp³-hybridized carbons (Fsp3) is 0.480. The lowest BCUT2D eigenvalue weighted by molar-refractivity contribution is -0.124. The standard InChI is InChI=1S/C25H31N3O2/c29-25-19-30-24-13-16-27(17-20(24)18-28(25)23-9-5-2-6-10-23)22-11-14-26(15-12-22)21-7-3-1-4-8-21/h1-10,20,22,24H,11-19H2/t20-,24+/m1/s1. The molecule has 5 rings (SSSR count). The van der Waals surface area contributed by atoms with Gasteiger partial charge in [-0.05, 0) is 43.5 Å². The van der Waals surface area contributed by atoms with Crippen molar-refractivity contribution in [2.75, 3.05) is 49.1 Å². The SMILES string of the molecule is O=C1CO[C@H]2CCN(C3CCN(c4ccccc4)CC3)C[C@@H]2CN1c1ccccc1. The number of carbonyl (C=O) groups is 1. The molecule has 2 atom stereocenters. The highest BCUT2D eigenvalue weighted by Crippen LogP contribution is 2.30. The molecule has 30 heavy (non-hydrogen) atoms. The monoisotopic (exact) mass is 405 g/mol. The zero-order valence-electron chi connectivity index (χ0n) is 17.5. The van der Waals surface area contributed by atoms with Gasteiger partial charge in [0, 0.05) is 56.1 Å². The van der Waals surface area contributed by atoms with Gasteiger partial charge in [0.1, 0.15) is 6.61 Å². The van der Waals surface area contributed by atoms with Gasteiger partial charge in [0.25, 0.3) is 5.91 Å². The van der Waals surface area contributed by atoms with Crippen molar-refractivity contribution in [1.82, 2.24) is 4.90 Å². The van der Waals surface area contributed by atoms with E-state index in [1.54, 1.807) is 0 Å². The number of rotatable bonds is 3. The van der Waals surface area contributed by atoms with Crippen LogP contribution in [0.2, 0.25) is 0 Å². The Labute approximate surface area is 179 Å². The Kier molecular flexibility index (Phi) is 5.73. The van der Waals surface area contributed by atoms with Gasteiger partial charge >= 0.3 is 0 Å². The van der Waals surface area contributed by atoms with Gasteiger partial charge in [-0.2, -0.15) is 0 Å². The number of para-hydroxylation sites is 2. The number of hydrogen-bond acceptors (Lipinski definition) is 4. The number of piperidine rings is 2. The molecule has 0 N–H and O–H groups in total. The summed E-state index contributed by atoms with van der Waals surface area (Å²) in [5, 5.41) is 0. The minimum absolute atomic E-state index is 0.0818. The molecule has 0 spiro atoms. The summed E-state index contributed by atoms with van der Waals surface area (Å²) in [6.45, 7) is 5.29. The molecule has 2 aromatic carbocycles. The van der Waals surface area contributed by atoms with E-state index < -0.39 is 0 Å². The van der Waals surface area contributed by atoms with Crippen molar-refractivity contribution in [3.05, 3.63) is 60.7 Å². The molecular weight excluding hydrogens is 374 g/mol. The lowest BCUT2D eigenvalue weighted by Gasteiger charge is -2.45. The van der Waals surface area contributed by atoms with E-state index in [0.29, 0.717) is 12.0 Å². The van der Waals surface area contributed by atoms with Crippen molar-refractivity contribution in [2.24, 2.45) is 5.92 Å². The summed E-state index contributed by atoms with van der Waals surface area (Å²) in [6, 6.07) is 21.4. The van der Waals surface area contributed by atoms with Crippen molar-refractivity contribution in [3.63, 3.8) is 0 Å². The van der Waals surface area contributed by atoms with Crippen LogP contribution in [0.4, 0.5) is 11.4 Å². The predicted molar refractivity (Wildman–Crippen MR) is 120 cm³/mol. The Balaban J connectivity index is 1.23. The van der Waals surface area contributed by atoms with Crippen molar-refractivity contribution < 1.29 is 9.53 Å². The Morgan fingerprint density at radius 1 is 0.767 bits per heavy atom. The van der Waals surface area contributed by atoms with Gasteiger partial charge in [-0.3, -0.25) is 9.69 Å². The lowest BCUT2D eigenvalue weighted by atomic mass is 9.91. The summed E-state index contributed by atoms with van der Waals surface area (Å²) in [4.78, 5) is 19.8. The maximum Gasteiger partial charge on any atom is 0.252 e. The van der Waals surface area contributed by atoms with Crippen molar-refractivity contribution in [2.45, 2.75) is 31.4 Å². The Morgan fingerprint density at radius 2 is 1.43 bits per heavy atom. The van der Waals surface area contributed by atoms with Crippen molar-refractivity contribution in [1.29, 1.82) is 0 Å². The second kappa shape index (κ2) is 8.78. The van der Waals surface area contributed by atoms with Crippen LogP contribution in [0.25, 0.3) is 0 Å². The molecule has 1 amide bonds. The van der Waals surface area contributed by atoms with Crippen LogP contribution >= 0.6 is 0 Å². The Hall–Kier alpha value is -2.37. The predicted octanol–water partition coefficient (Wildman–Crippen LogP) is 3.41. The first-order valence-corrected chi connectivity index (χ1v) is 11.3. The number of carbonyl (C=O) groups excluding carboxylic acids is 1. The Bertz CT molecular complexity index is 836. The summed E-state index contributed by atoms with van der Waals surface area (Å²) in [7, 11) is 0. The number of likely N-dealkylation sites (tertiary alicyclic amines) is 1. The Morgan fingerprint density at radius 3 is 2.13 bits per heavy atom. The fourth-order valence-corrected chi connectivity index (χ4v) is 5.34. The average molecular weight is 406 g/mol. The topological polar surface area (TPSA) is 36.0 Å². The molecule has 0 radical (unpaired) electrons. The van der Waals surface area contributed by atoms with E-state index in [1.807, 2.05) is 35.2 Å². The third kappa shape index (κ3) is 4.09. The van der Waals surface area contributed by atoms with E-state index in [0.717, 1.165) is 44.8 Å². The summed E-state index contributed by atoms with van der Waals surface area (Å²) in [5.41, 5.74) is 2.32. The van der Waals surface area contributed by atoms with E-state index in [4.69, 9.17) is 4.74 Å². The maximum atomic E-state index is 12.7. The molecule has 158 valence electrons. The molecule has 5 heteroatoms. The van der Waals surface area contributed by atoms with Crippen LogP contribution in [0, 0.1) is 5.92 Å². The molecule has 0 bridgehead atoms. The lowest BCUT2D eigenvalue weighted by Crippen LogP contribution is -2.53. The van der Waals surface area contributed by atoms with Crippen molar-refractivity contribution in [3.8, 4) is 0 Å². The number of benzene rings is 2. The minimum atomic E-state index is 0.0818. The van der Waals surface area contributed by atoms with E-state index in [1.165, 1.54) is 18.5 Å². The molecule has 3 aliphatic heterocycles. The van der Waals surface area contributed by atoms with Gasteiger partial charge in [-0.25, -0.2) is 0 Å². The maximum absolute atomic E-state index is 12.7. The summed E-state index contributed by atoms with van der Waals surface area (Å²) in [5.74, 6) is 0.455. The van der Waals surface area contributed by atoms with Gasteiger partial charge in [-0.1, -0.05) is 36.4 Å². The number of hydrogen-bond donors (Lipinski definition) is 0. The first-order chi connectivity index (χ1) is 14.8. The number of ether oxygens (including phenoxy) is 1. The number of anilines is 2. The molecule has 3 aliphatic rings. The summed E-state index contributed by atoms with van der Waals surface area (Å²) in [6.07, 6.45) is 3.63. The third-order valence-electron chi connectivity index (χ3n) is 7.00. The minimum Gasteiger partial charge on any atom is -0.371 e. The summed E-state index contributed by atoms with van der Waals surface area (Å²) >= 11 is 0. The van der Waals surface area contributed by atoms with Gasteiger partial charge < -0.3 is 14.5 Å². The molecule has 3 fully saturated rings. The van der Waals surface area contributed by atoms with Crippen LogP contribution in [-0.2, 0) is 9.53 Å². The normalized spacial score (nSPS) is 26.3. The average Bonchev–Trinajstić information content (AvgIpc) is 2.99. The molecule has 0 aromatic heterocycles. The van der Waals surface area contributed by atoms with E-state index in [2.05, 4.69) is 40.1 Å². The second-order valence-corrected chi connectivity index (χ2v) is 8.79. The molecule has 3 heterocycles. The molecule has 0 unspecified atom stereocenters. The molecule has 2 aromatic rings. The van der Waals surface area contributed by atoms with E-state index in [-0.39, 0.29) is 18.6 Å². The van der Waals surface area contributed by atoms with E-state index >= 15 is 0 Å². The van der Waals surface area contributed by atoms with Gasteiger partial charge in [-0.15, -0.1) is 0 Å². The molecular formula is C25H31N3O2. The number of fused-ring (bicyclic) bond motifs is 1. The fourth-order valence-electron chi connectivity index (χ4n) is 5.34. The second-order valence-electron chi connectivity index (χ2n) is 8.79. The van der Waals surface area contributed by atoms with E-state index in [9.17, 15) is 4.79 Å². The molecule has 3 saturated heterocycles. The van der Waals surface area contributed by atoms with Crippen LogP contribution in [0.3, 0.4) is 0 Å². The van der Waals surface area contributed by atoms with Crippen LogP contribution in [-0.4, -0.2) is 62.3 Å². The van der Waals surface area contributed by atoms with Crippen LogP contribution in [0.5, 0.6) is 0 Å². The molecule has 0 aliphatic carbocycles. The van der Waals surface area contributed by atoms with Crippen LogP contribution in [0.1, 0.15) is 19.3 Å². The zero-order valence-corrected chi connectivity index (χ0v) is 17.5. The molecule has 0 saturated carbocycles.